The van der Waals surface area contributed by atoms with Crippen LogP contribution in [0.3, 0.4) is 0 Å². The molecule has 21 heavy (non-hydrogen) atoms. The largest absolute Gasteiger partial charge is 0.480 e. The van der Waals surface area contributed by atoms with Gasteiger partial charge in [-0.25, -0.2) is 9.59 Å². The SMILES string of the molecule is N#CCSCCC(NC(=O)OCc1ccccc1)C(=O)O. The van der Waals surface area contributed by atoms with Crippen LogP contribution in [0.15, 0.2) is 30.3 Å². The van der Waals surface area contributed by atoms with Crippen molar-refractivity contribution in [3.05, 3.63) is 35.9 Å². The fourth-order valence-corrected chi connectivity index (χ4v) is 2.12. The lowest BCUT2D eigenvalue weighted by Crippen LogP contribution is -2.41. The molecule has 0 aliphatic rings. The number of nitrogens with zero attached hydrogens (tertiary/aromatic N) is 1. The standard InChI is InChI=1S/C14H16N2O4S/c15-7-9-21-8-6-12(13(17)18)16-14(19)20-10-11-4-2-1-3-5-11/h1-5,12H,6,8-10H2,(H,16,19)(H,17,18). The number of aliphatic carboxylic acids is 1. The molecule has 112 valence electrons. The van der Waals surface area contributed by atoms with Gasteiger partial charge in [-0.3, -0.25) is 0 Å². The van der Waals surface area contributed by atoms with E-state index in [1.807, 2.05) is 24.3 Å². The zero-order valence-corrected chi connectivity index (χ0v) is 12.1. The van der Waals surface area contributed by atoms with Crippen LogP contribution in [0.4, 0.5) is 4.79 Å². The van der Waals surface area contributed by atoms with Gasteiger partial charge < -0.3 is 15.2 Å². The number of hydrogen-bond donors (Lipinski definition) is 2. The second kappa shape index (κ2) is 9.66. The van der Waals surface area contributed by atoms with Crippen LogP contribution in [0, 0.1) is 11.3 Å². The maximum atomic E-state index is 11.6. The average molecular weight is 308 g/mol. The Morgan fingerprint density at radius 1 is 1.38 bits per heavy atom. The molecule has 0 aliphatic carbocycles. The molecule has 7 heteroatoms. The summed E-state index contributed by atoms with van der Waals surface area (Å²) in [5.74, 6) is -0.349. The Hall–Kier alpha value is -2.20. The highest BCUT2D eigenvalue weighted by Gasteiger charge is 2.20. The van der Waals surface area contributed by atoms with Gasteiger partial charge in [0.2, 0.25) is 0 Å². The molecule has 1 amide bonds. The molecule has 2 N–H and O–H groups in total. The molecule has 1 aromatic carbocycles. The quantitative estimate of drug-likeness (QED) is 0.713. The number of nitrogens with one attached hydrogen (secondary N) is 1. The first-order chi connectivity index (χ1) is 10.1. The minimum Gasteiger partial charge on any atom is -0.480 e. The van der Waals surface area contributed by atoms with E-state index in [0.717, 1.165) is 5.56 Å². The van der Waals surface area contributed by atoms with Crippen LogP contribution in [0.1, 0.15) is 12.0 Å². The minimum atomic E-state index is -1.12. The van der Waals surface area contributed by atoms with Gasteiger partial charge in [0.25, 0.3) is 0 Å². The number of alkyl carbamates (subject to hydrolysis) is 1. The number of nitriles is 1. The summed E-state index contributed by atoms with van der Waals surface area (Å²) in [4.78, 5) is 22.6. The lowest BCUT2D eigenvalue weighted by Gasteiger charge is -2.14. The van der Waals surface area contributed by atoms with Crippen molar-refractivity contribution in [2.45, 2.75) is 19.1 Å². The molecular formula is C14H16N2O4S. The van der Waals surface area contributed by atoms with Gasteiger partial charge in [-0.15, -0.1) is 11.8 Å². The normalized spacial score (nSPS) is 11.2. The maximum absolute atomic E-state index is 11.6. The van der Waals surface area contributed by atoms with Gasteiger partial charge >= 0.3 is 12.1 Å². The van der Waals surface area contributed by atoms with E-state index < -0.39 is 18.1 Å². The van der Waals surface area contributed by atoms with E-state index in [1.54, 1.807) is 12.1 Å². The molecule has 0 saturated heterocycles. The summed E-state index contributed by atoms with van der Waals surface area (Å²) in [5.41, 5.74) is 0.823. The summed E-state index contributed by atoms with van der Waals surface area (Å²) in [6.07, 6.45) is -0.529. The first kappa shape index (κ1) is 16.9. The zero-order chi connectivity index (χ0) is 15.5. The van der Waals surface area contributed by atoms with Gasteiger partial charge in [-0.1, -0.05) is 30.3 Å². The van der Waals surface area contributed by atoms with Gasteiger partial charge in [0.05, 0.1) is 11.8 Å². The third kappa shape index (κ3) is 7.22. The van der Waals surface area contributed by atoms with E-state index >= 15 is 0 Å². The second-order valence-corrected chi connectivity index (χ2v) is 5.20. The minimum absolute atomic E-state index is 0.0855. The summed E-state index contributed by atoms with van der Waals surface area (Å²) in [6.45, 7) is 0.0855. The van der Waals surface area contributed by atoms with Gasteiger partial charge in [0.15, 0.2) is 0 Å². The van der Waals surface area contributed by atoms with Crippen molar-refractivity contribution < 1.29 is 19.4 Å². The summed E-state index contributed by atoms with van der Waals surface area (Å²) < 4.78 is 4.96. The number of carboxylic acid groups (broad SMARTS) is 1. The molecule has 0 bridgehead atoms. The molecule has 0 fully saturated rings. The molecule has 0 saturated carbocycles. The first-order valence-corrected chi connectivity index (χ1v) is 7.43. The van der Waals surface area contributed by atoms with Crippen LogP contribution in [-0.4, -0.2) is 34.7 Å². The van der Waals surface area contributed by atoms with E-state index in [4.69, 9.17) is 15.1 Å². The van der Waals surface area contributed by atoms with Crippen LogP contribution in [0.25, 0.3) is 0 Å². The molecule has 0 radical (unpaired) electrons. The van der Waals surface area contributed by atoms with E-state index in [1.165, 1.54) is 11.8 Å². The Kier molecular flexibility index (Phi) is 7.76. The topological polar surface area (TPSA) is 99.4 Å². The van der Waals surface area contributed by atoms with Crippen LogP contribution in [0.5, 0.6) is 0 Å². The van der Waals surface area contributed by atoms with E-state index in [0.29, 0.717) is 11.5 Å². The van der Waals surface area contributed by atoms with Crippen LogP contribution >= 0.6 is 11.8 Å². The summed E-state index contributed by atoms with van der Waals surface area (Å²) in [6, 6.07) is 10.0. The fourth-order valence-electron chi connectivity index (χ4n) is 1.48. The Morgan fingerprint density at radius 2 is 2.10 bits per heavy atom. The highest BCUT2D eigenvalue weighted by atomic mass is 32.2. The number of carbonyl (C=O) groups is 2. The smallest absolute Gasteiger partial charge is 0.408 e. The van der Waals surface area contributed by atoms with Crippen molar-refractivity contribution >= 4 is 23.8 Å². The Labute approximate surface area is 127 Å². The Bertz CT molecular complexity index is 501. The zero-order valence-electron chi connectivity index (χ0n) is 11.3. The number of carboxylic acids is 1. The monoisotopic (exact) mass is 308 g/mol. The number of hydrogen-bond acceptors (Lipinski definition) is 5. The molecule has 0 spiro atoms. The van der Waals surface area contributed by atoms with Crippen molar-refractivity contribution in [3.8, 4) is 6.07 Å². The van der Waals surface area contributed by atoms with Crippen LogP contribution < -0.4 is 5.32 Å². The van der Waals surface area contributed by atoms with E-state index in [2.05, 4.69) is 5.32 Å². The van der Waals surface area contributed by atoms with Crippen molar-refractivity contribution in [2.75, 3.05) is 11.5 Å². The van der Waals surface area contributed by atoms with E-state index in [-0.39, 0.29) is 13.0 Å². The molecule has 0 aliphatic heterocycles. The Morgan fingerprint density at radius 3 is 2.71 bits per heavy atom. The molecule has 1 atom stereocenters. The number of amides is 1. The number of ether oxygens (including phenoxy) is 1. The lowest BCUT2D eigenvalue weighted by molar-refractivity contribution is -0.139. The number of rotatable bonds is 8. The molecule has 1 unspecified atom stereocenters. The van der Waals surface area contributed by atoms with E-state index in [9.17, 15) is 9.59 Å². The summed E-state index contributed by atoms with van der Waals surface area (Å²) in [7, 11) is 0. The van der Waals surface area contributed by atoms with Crippen molar-refractivity contribution in [1.29, 1.82) is 5.26 Å². The van der Waals surface area contributed by atoms with Gasteiger partial charge in [0.1, 0.15) is 12.6 Å². The predicted octanol–water partition coefficient (Wildman–Crippen LogP) is 2.01. The lowest BCUT2D eigenvalue weighted by atomic mass is 10.2. The fraction of sp³-hybridized carbons (Fsp3) is 0.357. The van der Waals surface area contributed by atoms with Crippen molar-refractivity contribution in [1.82, 2.24) is 5.32 Å². The second-order valence-electron chi connectivity index (χ2n) is 4.10. The molecule has 0 aromatic heterocycles. The third-order valence-electron chi connectivity index (χ3n) is 2.52. The maximum Gasteiger partial charge on any atom is 0.408 e. The number of thioether (sulfide) groups is 1. The van der Waals surface area contributed by atoms with Gasteiger partial charge in [-0.2, -0.15) is 5.26 Å². The molecular weight excluding hydrogens is 292 g/mol. The summed E-state index contributed by atoms with van der Waals surface area (Å²) in [5, 5.41) is 19.7. The summed E-state index contributed by atoms with van der Waals surface area (Å²) >= 11 is 1.32. The van der Waals surface area contributed by atoms with Gasteiger partial charge in [-0.05, 0) is 17.7 Å². The number of benzene rings is 1. The first-order valence-electron chi connectivity index (χ1n) is 6.28. The molecule has 1 aromatic rings. The van der Waals surface area contributed by atoms with Crippen LogP contribution in [0.2, 0.25) is 0 Å². The molecule has 6 nitrogen and oxygen atoms in total. The van der Waals surface area contributed by atoms with Gasteiger partial charge in [0, 0.05) is 0 Å². The third-order valence-corrected chi connectivity index (χ3v) is 3.38. The van der Waals surface area contributed by atoms with Crippen molar-refractivity contribution in [2.24, 2.45) is 0 Å². The predicted molar refractivity (Wildman–Crippen MR) is 78.7 cm³/mol. The Balaban J connectivity index is 2.35. The van der Waals surface area contributed by atoms with Crippen LogP contribution in [-0.2, 0) is 16.1 Å². The number of carbonyl (C=O) groups excluding carboxylic acids is 1. The highest BCUT2D eigenvalue weighted by molar-refractivity contribution is 7.99. The molecule has 1 rings (SSSR count). The average Bonchev–Trinajstić information content (AvgIpc) is 2.49. The molecule has 0 heterocycles. The van der Waals surface area contributed by atoms with Crippen molar-refractivity contribution in [3.63, 3.8) is 0 Å². The highest BCUT2D eigenvalue weighted by Crippen LogP contribution is 2.05.